The first-order chi connectivity index (χ1) is 25.6. The number of para-hydroxylation sites is 1. The first-order valence-corrected chi connectivity index (χ1v) is 18.6. The first-order valence-electron chi connectivity index (χ1n) is 18.6. The maximum absolute atomic E-state index is 13.1. The molecule has 0 radical (unpaired) electrons. The van der Waals surface area contributed by atoms with Crippen molar-refractivity contribution in [3.05, 3.63) is 59.3 Å². The van der Waals surface area contributed by atoms with Crippen LogP contribution in [0.4, 0.5) is 11.4 Å². The van der Waals surface area contributed by atoms with Crippen molar-refractivity contribution < 1.29 is 28.7 Å². The fraction of sp³-hybridized carbons (Fsp3) is 0.525. The Kier molecular flexibility index (Phi) is 16.0. The predicted molar refractivity (Wildman–Crippen MR) is 208 cm³/mol. The van der Waals surface area contributed by atoms with Gasteiger partial charge in [-0.2, -0.15) is 0 Å². The summed E-state index contributed by atoms with van der Waals surface area (Å²) in [5, 5.41) is 6.53. The predicted octanol–water partition coefficient (Wildman–Crippen LogP) is 3.79. The summed E-state index contributed by atoms with van der Waals surface area (Å²) in [5.74, 6) is 0.474. The van der Waals surface area contributed by atoms with Gasteiger partial charge in [0.05, 0.1) is 23.1 Å². The Labute approximate surface area is 314 Å². The lowest BCUT2D eigenvalue weighted by molar-refractivity contribution is -0.137. The largest absolute Gasteiger partial charge is 0.428 e. The molecule has 2 fully saturated rings. The molecular formula is C40H57N7O6. The van der Waals surface area contributed by atoms with Crippen molar-refractivity contribution in [2.45, 2.75) is 71.0 Å². The molecule has 2 aliphatic rings. The maximum atomic E-state index is 13.1. The Hall–Kier alpha value is -4.59. The van der Waals surface area contributed by atoms with Crippen LogP contribution < -0.4 is 20.3 Å². The van der Waals surface area contributed by atoms with E-state index in [-0.39, 0.29) is 5.91 Å². The SMILES string of the molecule is CCC(CCN(C)C)N(C)c1cnc2ccccc2c1NC=O.Cc1cc(C[C@@H](NC=O)C(=O)N2CCN(C3CCOCC3)CC2)cc(C)c1OC=O. The molecular weight excluding hydrogens is 674 g/mol. The summed E-state index contributed by atoms with van der Waals surface area (Å²) in [6, 6.07) is 12.0. The van der Waals surface area contributed by atoms with Crippen molar-refractivity contribution in [3.8, 4) is 5.75 Å². The van der Waals surface area contributed by atoms with Crippen molar-refractivity contribution in [2.75, 3.05) is 77.3 Å². The van der Waals surface area contributed by atoms with Crippen LogP contribution in [0.1, 0.15) is 49.3 Å². The zero-order chi connectivity index (χ0) is 38.3. The van der Waals surface area contributed by atoms with E-state index in [0.29, 0.717) is 50.2 Å². The molecule has 2 aliphatic heterocycles. The van der Waals surface area contributed by atoms with Gasteiger partial charge in [0.2, 0.25) is 18.7 Å². The second kappa shape index (κ2) is 20.6. The lowest BCUT2D eigenvalue weighted by Crippen LogP contribution is -2.56. The zero-order valence-electron chi connectivity index (χ0n) is 32.2. The van der Waals surface area contributed by atoms with E-state index in [9.17, 15) is 19.2 Å². The van der Waals surface area contributed by atoms with Gasteiger partial charge in [-0.3, -0.25) is 29.1 Å². The Morgan fingerprint density at radius 2 is 1.70 bits per heavy atom. The van der Waals surface area contributed by atoms with Crippen molar-refractivity contribution in [1.29, 1.82) is 0 Å². The Morgan fingerprint density at radius 3 is 2.30 bits per heavy atom. The lowest BCUT2D eigenvalue weighted by Gasteiger charge is -2.41. The summed E-state index contributed by atoms with van der Waals surface area (Å²) >= 11 is 0. The number of carbonyl (C=O) groups excluding carboxylic acids is 4. The highest BCUT2D eigenvalue weighted by atomic mass is 16.5. The highest BCUT2D eigenvalue weighted by Crippen LogP contribution is 2.33. The van der Waals surface area contributed by atoms with E-state index >= 15 is 0 Å². The van der Waals surface area contributed by atoms with Gasteiger partial charge in [0.25, 0.3) is 6.47 Å². The fourth-order valence-electron chi connectivity index (χ4n) is 7.39. The molecule has 13 nitrogen and oxygen atoms in total. The van der Waals surface area contributed by atoms with Crippen LogP contribution in [0.15, 0.2) is 42.6 Å². The third-order valence-electron chi connectivity index (χ3n) is 10.3. The summed E-state index contributed by atoms with van der Waals surface area (Å²) in [5.41, 5.74) is 5.23. The van der Waals surface area contributed by atoms with Crippen molar-refractivity contribution in [2.24, 2.45) is 0 Å². The van der Waals surface area contributed by atoms with Gasteiger partial charge in [-0.1, -0.05) is 37.3 Å². The molecule has 3 amide bonds. The number of nitrogens with one attached hydrogen (secondary N) is 2. The van der Waals surface area contributed by atoms with Gasteiger partial charge in [-0.15, -0.1) is 0 Å². The lowest BCUT2D eigenvalue weighted by atomic mass is 9.99. The molecule has 13 heteroatoms. The molecule has 1 aromatic heterocycles. The molecule has 1 unspecified atom stereocenters. The molecule has 53 heavy (non-hydrogen) atoms. The standard InChI is InChI=1S/C22H31N3O5.C18H26N4O/c1-16-11-18(12-17(2)21(16)30-15-27)13-20(23-14-26)22(28)25-7-5-24(6-8-25)19-3-9-29-10-4-19;1-5-14(10-11-21(2)3)22(4)17-12-19-16-9-7-6-8-15(16)18(17)20-13-23/h11-12,14-15,19-20H,3-10,13H2,1-2H3,(H,23,26);6-9,12-14H,5,10-11H2,1-4H3,(H,19,20,23)/t20-;/m1./s1. The summed E-state index contributed by atoms with van der Waals surface area (Å²) in [4.78, 5) is 59.3. The number of fused-ring (bicyclic) bond motifs is 1. The van der Waals surface area contributed by atoms with Crippen LogP contribution in [-0.4, -0.2) is 130 Å². The van der Waals surface area contributed by atoms with Gasteiger partial charge in [-0.25, -0.2) is 0 Å². The number of ether oxygens (including phenoxy) is 2. The first kappa shape index (κ1) is 41.2. The van der Waals surface area contributed by atoms with Crippen LogP contribution in [0.3, 0.4) is 0 Å². The van der Waals surface area contributed by atoms with E-state index < -0.39 is 6.04 Å². The Morgan fingerprint density at radius 1 is 1.02 bits per heavy atom. The molecule has 2 saturated heterocycles. The summed E-state index contributed by atoms with van der Waals surface area (Å²) in [6.07, 6.45) is 7.76. The molecule has 2 N–H and O–H groups in total. The van der Waals surface area contributed by atoms with E-state index in [1.165, 1.54) is 0 Å². The number of carbonyl (C=O) groups is 4. The normalized spacial score (nSPS) is 16.2. The number of amides is 3. The molecule has 2 atom stereocenters. The van der Waals surface area contributed by atoms with E-state index in [2.05, 4.69) is 58.4 Å². The fourth-order valence-corrected chi connectivity index (χ4v) is 7.39. The second-order valence-corrected chi connectivity index (χ2v) is 14.1. The molecule has 0 bridgehead atoms. The number of pyridine rings is 1. The number of piperazine rings is 1. The summed E-state index contributed by atoms with van der Waals surface area (Å²) < 4.78 is 10.5. The smallest absolute Gasteiger partial charge is 0.298 e. The van der Waals surface area contributed by atoms with Gasteiger partial charge >= 0.3 is 0 Å². The van der Waals surface area contributed by atoms with Gasteiger partial charge in [-0.05, 0) is 82.9 Å². The molecule has 2 aromatic carbocycles. The Balaban J connectivity index is 0.000000245. The number of anilines is 2. The number of benzene rings is 2. The van der Waals surface area contributed by atoms with Gasteiger partial charge in [0, 0.05) is 70.3 Å². The number of aryl methyl sites for hydroxylation is 2. The minimum absolute atomic E-state index is 0.0581. The van der Waals surface area contributed by atoms with Crippen LogP contribution in [0.2, 0.25) is 0 Å². The molecule has 288 valence electrons. The van der Waals surface area contributed by atoms with E-state index in [0.717, 1.165) is 104 Å². The summed E-state index contributed by atoms with van der Waals surface area (Å²) in [7, 11) is 6.25. The molecule has 0 saturated carbocycles. The van der Waals surface area contributed by atoms with Crippen molar-refractivity contribution in [3.63, 3.8) is 0 Å². The topological polar surface area (TPSA) is 137 Å². The van der Waals surface area contributed by atoms with Crippen LogP contribution in [0, 0.1) is 13.8 Å². The highest BCUT2D eigenvalue weighted by molar-refractivity contribution is 6.01. The zero-order valence-corrected chi connectivity index (χ0v) is 32.2. The molecule has 3 heterocycles. The van der Waals surface area contributed by atoms with Crippen molar-refractivity contribution in [1.82, 2.24) is 25.0 Å². The number of aromatic nitrogens is 1. The van der Waals surface area contributed by atoms with Crippen LogP contribution >= 0.6 is 0 Å². The quantitative estimate of drug-likeness (QED) is 0.210. The van der Waals surface area contributed by atoms with Crippen LogP contribution in [0.25, 0.3) is 10.9 Å². The number of hydrogen-bond donors (Lipinski definition) is 2. The highest BCUT2D eigenvalue weighted by Gasteiger charge is 2.31. The third kappa shape index (κ3) is 11.2. The maximum Gasteiger partial charge on any atom is 0.298 e. The minimum atomic E-state index is -0.617. The Bertz CT molecular complexity index is 1630. The average Bonchev–Trinajstić information content (AvgIpc) is 3.17. The molecule has 0 aliphatic carbocycles. The van der Waals surface area contributed by atoms with Gasteiger partial charge in [0.1, 0.15) is 11.8 Å². The monoisotopic (exact) mass is 731 g/mol. The average molecular weight is 732 g/mol. The van der Waals surface area contributed by atoms with Crippen molar-refractivity contribution >= 4 is 47.5 Å². The van der Waals surface area contributed by atoms with Gasteiger partial charge in [0.15, 0.2) is 0 Å². The second-order valence-electron chi connectivity index (χ2n) is 14.1. The third-order valence-corrected chi connectivity index (χ3v) is 10.3. The number of hydrogen-bond acceptors (Lipinski definition) is 10. The number of rotatable bonds is 16. The van der Waals surface area contributed by atoms with Crippen LogP contribution in [0.5, 0.6) is 5.75 Å². The minimum Gasteiger partial charge on any atom is -0.428 e. The number of nitrogens with zero attached hydrogens (tertiary/aromatic N) is 5. The summed E-state index contributed by atoms with van der Waals surface area (Å²) in [6.45, 7) is 12.0. The molecule has 0 spiro atoms. The van der Waals surface area contributed by atoms with Gasteiger partial charge < -0.3 is 34.8 Å². The van der Waals surface area contributed by atoms with E-state index in [1.54, 1.807) is 0 Å². The molecule has 3 aromatic rings. The van der Waals surface area contributed by atoms with E-state index in [4.69, 9.17) is 9.47 Å². The van der Waals surface area contributed by atoms with E-state index in [1.807, 2.05) is 61.3 Å². The molecule has 5 rings (SSSR count). The van der Waals surface area contributed by atoms with Crippen LogP contribution in [-0.2, 0) is 30.3 Å².